The number of benzene rings is 1. The van der Waals surface area contributed by atoms with Crippen LogP contribution in [0.2, 0.25) is 0 Å². The Morgan fingerprint density at radius 3 is 2.53 bits per heavy atom. The predicted octanol–water partition coefficient (Wildman–Crippen LogP) is 4.47. The SMILES string of the molecule is COc1cc(C)c(C(=O)CCC2CCCC2)cc1C. The highest BCUT2D eigenvalue weighted by Crippen LogP contribution is 2.30. The van der Waals surface area contributed by atoms with Gasteiger partial charge in [0.25, 0.3) is 0 Å². The number of rotatable bonds is 5. The standard InChI is InChI=1S/C17H24O2/c1-12-11-17(19-3)13(2)10-15(12)16(18)9-8-14-6-4-5-7-14/h10-11,14H,4-9H2,1-3H3. The summed E-state index contributed by atoms with van der Waals surface area (Å²) in [4.78, 5) is 12.3. The molecule has 1 aliphatic rings. The Morgan fingerprint density at radius 1 is 1.21 bits per heavy atom. The van der Waals surface area contributed by atoms with Gasteiger partial charge in [0.2, 0.25) is 0 Å². The third kappa shape index (κ3) is 3.37. The molecule has 104 valence electrons. The van der Waals surface area contributed by atoms with Gasteiger partial charge in [-0.2, -0.15) is 0 Å². The number of hydrogen-bond acceptors (Lipinski definition) is 2. The van der Waals surface area contributed by atoms with Crippen molar-refractivity contribution in [1.29, 1.82) is 0 Å². The van der Waals surface area contributed by atoms with Gasteiger partial charge in [-0.15, -0.1) is 0 Å². The Labute approximate surface area is 116 Å². The Hall–Kier alpha value is -1.31. The first-order chi connectivity index (χ1) is 9.11. The van der Waals surface area contributed by atoms with E-state index in [1.807, 2.05) is 26.0 Å². The molecule has 1 aromatic carbocycles. The molecule has 0 heterocycles. The van der Waals surface area contributed by atoms with Crippen molar-refractivity contribution in [3.8, 4) is 5.75 Å². The third-order valence-corrected chi connectivity index (χ3v) is 4.30. The van der Waals surface area contributed by atoms with Gasteiger partial charge in [0.1, 0.15) is 5.75 Å². The zero-order valence-corrected chi connectivity index (χ0v) is 12.3. The fraction of sp³-hybridized carbons (Fsp3) is 0.588. The average molecular weight is 260 g/mol. The molecule has 0 amide bonds. The van der Waals surface area contributed by atoms with Crippen LogP contribution in [0, 0.1) is 19.8 Å². The van der Waals surface area contributed by atoms with E-state index in [-0.39, 0.29) is 5.78 Å². The van der Waals surface area contributed by atoms with E-state index in [1.165, 1.54) is 25.7 Å². The minimum absolute atomic E-state index is 0.287. The summed E-state index contributed by atoms with van der Waals surface area (Å²) in [7, 11) is 1.67. The van der Waals surface area contributed by atoms with E-state index < -0.39 is 0 Å². The number of ether oxygens (including phenoxy) is 1. The van der Waals surface area contributed by atoms with Crippen molar-refractivity contribution in [1.82, 2.24) is 0 Å². The van der Waals surface area contributed by atoms with Crippen LogP contribution in [0.3, 0.4) is 0 Å². The average Bonchev–Trinajstić information content (AvgIpc) is 2.91. The van der Waals surface area contributed by atoms with Gasteiger partial charge in [0.05, 0.1) is 7.11 Å². The molecule has 0 aromatic heterocycles. The summed E-state index contributed by atoms with van der Waals surface area (Å²) in [6, 6.07) is 3.95. The van der Waals surface area contributed by atoms with Crippen LogP contribution in [0.1, 0.15) is 60.0 Å². The molecule has 0 aliphatic heterocycles. The first kappa shape index (κ1) is 14.1. The van der Waals surface area contributed by atoms with Crippen LogP contribution in [0.5, 0.6) is 5.75 Å². The van der Waals surface area contributed by atoms with Crippen LogP contribution < -0.4 is 4.74 Å². The highest BCUT2D eigenvalue weighted by Gasteiger charge is 2.18. The summed E-state index contributed by atoms with van der Waals surface area (Å²) in [5.74, 6) is 1.93. The van der Waals surface area contributed by atoms with Crippen molar-refractivity contribution in [2.75, 3.05) is 7.11 Å². The lowest BCUT2D eigenvalue weighted by atomic mass is 9.94. The molecule has 0 spiro atoms. The number of carbonyl (C=O) groups is 1. The van der Waals surface area contributed by atoms with Crippen LogP contribution in [0.4, 0.5) is 0 Å². The Kier molecular flexibility index (Phi) is 4.62. The van der Waals surface area contributed by atoms with Crippen LogP contribution in [0.15, 0.2) is 12.1 Å². The Bertz CT molecular complexity index is 457. The number of ketones is 1. The molecule has 0 radical (unpaired) electrons. The topological polar surface area (TPSA) is 26.3 Å². The normalized spacial score (nSPS) is 15.7. The highest BCUT2D eigenvalue weighted by molar-refractivity contribution is 5.97. The van der Waals surface area contributed by atoms with Crippen molar-refractivity contribution >= 4 is 5.78 Å². The van der Waals surface area contributed by atoms with Gasteiger partial charge in [0.15, 0.2) is 5.78 Å². The molecule has 1 aliphatic carbocycles. The molecule has 0 saturated heterocycles. The van der Waals surface area contributed by atoms with Crippen LogP contribution in [0.25, 0.3) is 0 Å². The summed E-state index contributed by atoms with van der Waals surface area (Å²) in [6.45, 7) is 3.98. The predicted molar refractivity (Wildman–Crippen MR) is 78.0 cm³/mol. The smallest absolute Gasteiger partial charge is 0.163 e. The first-order valence-corrected chi connectivity index (χ1v) is 7.30. The maximum Gasteiger partial charge on any atom is 0.163 e. The number of Topliss-reactive ketones (excluding diaryl/α,β-unsaturated/α-hetero) is 1. The second-order valence-corrected chi connectivity index (χ2v) is 5.75. The van der Waals surface area contributed by atoms with Crippen LogP contribution >= 0.6 is 0 Å². The quantitative estimate of drug-likeness (QED) is 0.730. The third-order valence-electron chi connectivity index (χ3n) is 4.30. The lowest BCUT2D eigenvalue weighted by Crippen LogP contribution is -2.06. The first-order valence-electron chi connectivity index (χ1n) is 7.30. The number of carbonyl (C=O) groups excluding carboxylic acids is 1. The maximum absolute atomic E-state index is 12.3. The van der Waals surface area contributed by atoms with E-state index in [0.29, 0.717) is 6.42 Å². The van der Waals surface area contributed by atoms with E-state index in [0.717, 1.165) is 34.8 Å². The van der Waals surface area contributed by atoms with Gasteiger partial charge in [0, 0.05) is 12.0 Å². The second-order valence-electron chi connectivity index (χ2n) is 5.75. The van der Waals surface area contributed by atoms with Gasteiger partial charge in [-0.1, -0.05) is 25.7 Å². The molecule has 1 saturated carbocycles. The molecule has 2 nitrogen and oxygen atoms in total. The minimum atomic E-state index is 0.287. The number of aryl methyl sites for hydroxylation is 2. The molecule has 1 aromatic rings. The van der Waals surface area contributed by atoms with Crippen LogP contribution in [-0.4, -0.2) is 12.9 Å². The zero-order chi connectivity index (χ0) is 13.8. The largest absolute Gasteiger partial charge is 0.496 e. The zero-order valence-electron chi connectivity index (χ0n) is 12.3. The van der Waals surface area contributed by atoms with E-state index in [1.54, 1.807) is 7.11 Å². The molecule has 2 rings (SSSR count). The highest BCUT2D eigenvalue weighted by atomic mass is 16.5. The van der Waals surface area contributed by atoms with E-state index in [9.17, 15) is 4.79 Å². The van der Waals surface area contributed by atoms with E-state index in [2.05, 4.69) is 0 Å². The summed E-state index contributed by atoms with van der Waals surface area (Å²) < 4.78 is 5.29. The summed E-state index contributed by atoms with van der Waals surface area (Å²) >= 11 is 0. The molecular formula is C17H24O2. The van der Waals surface area contributed by atoms with Gasteiger partial charge in [-0.25, -0.2) is 0 Å². The van der Waals surface area contributed by atoms with E-state index in [4.69, 9.17) is 4.74 Å². The monoisotopic (exact) mass is 260 g/mol. The van der Waals surface area contributed by atoms with Crippen molar-refractivity contribution in [2.24, 2.45) is 5.92 Å². The summed E-state index contributed by atoms with van der Waals surface area (Å²) in [5.41, 5.74) is 2.94. The molecule has 2 heteroatoms. The summed E-state index contributed by atoms with van der Waals surface area (Å²) in [5, 5.41) is 0. The lowest BCUT2D eigenvalue weighted by Gasteiger charge is -2.12. The molecule has 0 N–H and O–H groups in total. The van der Waals surface area contributed by atoms with Gasteiger partial charge in [-0.3, -0.25) is 4.79 Å². The maximum atomic E-state index is 12.3. The van der Waals surface area contributed by atoms with E-state index >= 15 is 0 Å². The van der Waals surface area contributed by atoms with Gasteiger partial charge >= 0.3 is 0 Å². The Morgan fingerprint density at radius 2 is 1.89 bits per heavy atom. The molecule has 19 heavy (non-hydrogen) atoms. The molecule has 0 atom stereocenters. The Balaban J connectivity index is 2.03. The second kappa shape index (κ2) is 6.23. The van der Waals surface area contributed by atoms with Crippen molar-refractivity contribution in [3.05, 3.63) is 28.8 Å². The fourth-order valence-corrected chi connectivity index (χ4v) is 3.08. The molecule has 0 unspecified atom stereocenters. The molecular weight excluding hydrogens is 236 g/mol. The molecule has 0 bridgehead atoms. The summed E-state index contributed by atoms with van der Waals surface area (Å²) in [6.07, 6.45) is 7.07. The fourth-order valence-electron chi connectivity index (χ4n) is 3.08. The molecule has 1 fully saturated rings. The lowest BCUT2D eigenvalue weighted by molar-refractivity contribution is 0.0973. The number of methoxy groups -OCH3 is 1. The van der Waals surface area contributed by atoms with Gasteiger partial charge in [-0.05, 0) is 49.4 Å². The van der Waals surface area contributed by atoms with Gasteiger partial charge < -0.3 is 4.74 Å². The van der Waals surface area contributed by atoms with Crippen molar-refractivity contribution in [2.45, 2.75) is 52.4 Å². The van der Waals surface area contributed by atoms with Crippen LogP contribution in [-0.2, 0) is 0 Å². The van der Waals surface area contributed by atoms with Crippen molar-refractivity contribution < 1.29 is 9.53 Å². The minimum Gasteiger partial charge on any atom is -0.496 e. The number of hydrogen-bond donors (Lipinski definition) is 0. The van der Waals surface area contributed by atoms with Crippen molar-refractivity contribution in [3.63, 3.8) is 0 Å².